The van der Waals surface area contributed by atoms with Gasteiger partial charge in [-0.2, -0.15) is 0 Å². The van der Waals surface area contributed by atoms with E-state index in [1.807, 2.05) is 45.9 Å². The Bertz CT molecular complexity index is 445. The molecule has 0 saturated heterocycles. The van der Waals surface area contributed by atoms with Crippen molar-refractivity contribution in [3.63, 3.8) is 0 Å². The van der Waals surface area contributed by atoms with Gasteiger partial charge >= 0.3 is 0 Å². The van der Waals surface area contributed by atoms with Crippen LogP contribution in [-0.4, -0.2) is 36.5 Å². The second-order valence-corrected chi connectivity index (χ2v) is 6.94. The van der Waals surface area contributed by atoms with Gasteiger partial charge in [-0.25, -0.2) is 0 Å². The van der Waals surface area contributed by atoms with Gasteiger partial charge in [-0.05, 0) is 24.9 Å². The Kier molecular flexibility index (Phi) is 8.68. The molecule has 0 aliphatic heterocycles. The fraction of sp³-hybridized carbons (Fsp3) is 0.588. The second kappa shape index (κ2) is 9.13. The van der Waals surface area contributed by atoms with E-state index < -0.39 is 6.04 Å². The van der Waals surface area contributed by atoms with Crippen LogP contribution in [0.5, 0.6) is 0 Å². The van der Waals surface area contributed by atoms with Gasteiger partial charge < -0.3 is 16.0 Å². The maximum atomic E-state index is 12.1. The van der Waals surface area contributed by atoms with Crippen molar-refractivity contribution in [1.82, 2.24) is 10.2 Å². The van der Waals surface area contributed by atoms with E-state index in [1.165, 1.54) is 5.56 Å². The van der Waals surface area contributed by atoms with E-state index in [0.717, 1.165) is 13.1 Å². The molecule has 22 heavy (non-hydrogen) atoms. The summed E-state index contributed by atoms with van der Waals surface area (Å²) < 4.78 is 0. The minimum atomic E-state index is -0.487. The van der Waals surface area contributed by atoms with Crippen LogP contribution >= 0.6 is 12.4 Å². The van der Waals surface area contributed by atoms with Gasteiger partial charge in [0.1, 0.15) is 0 Å². The van der Waals surface area contributed by atoms with Crippen molar-refractivity contribution in [2.45, 2.75) is 46.3 Å². The molecule has 0 spiro atoms. The summed E-state index contributed by atoms with van der Waals surface area (Å²) in [6.07, 6.45) is 0. The van der Waals surface area contributed by atoms with E-state index in [-0.39, 0.29) is 29.8 Å². The third-order valence-electron chi connectivity index (χ3n) is 3.48. The molecule has 1 amide bonds. The van der Waals surface area contributed by atoms with Gasteiger partial charge in [-0.1, -0.05) is 51.1 Å². The quantitative estimate of drug-likeness (QED) is 0.843. The molecule has 0 aliphatic carbocycles. The van der Waals surface area contributed by atoms with Crippen molar-refractivity contribution >= 4 is 18.3 Å². The number of hydrogen-bond donors (Lipinski definition) is 2. The molecule has 0 saturated carbocycles. The van der Waals surface area contributed by atoms with Crippen molar-refractivity contribution < 1.29 is 4.79 Å². The molecule has 3 N–H and O–H groups in total. The lowest BCUT2D eigenvalue weighted by Crippen LogP contribution is -2.52. The van der Waals surface area contributed by atoms with Crippen LogP contribution in [-0.2, 0) is 11.3 Å². The van der Waals surface area contributed by atoms with Crippen LogP contribution in [0.1, 0.15) is 33.3 Å². The van der Waals surface area contributed by atoms with Crippen LogP contribution in [0.25, 0.3) is 0 Å². The van der Waals surface area contributed by atoms with Crippen molar-refractivity contribution in [3.8, 4) is 0 Å². The van der Waals surface area contributed by atoms with Gasteiger partial charge in [0, 0.05) is 19.1 Å². The average molecular weight is 328 g/mol. The van der Waals surface area contributed by atoms with Crippen molar-refractivity contribution in [2.24, 2.45) is 11.1 Å². The molecule has 0 fully saturated rings. The maximum Gasteiger partial charge on any atom is 0.237 e. The lowest BCUT2D eigenvalue weighted by molar-refractivity contribution is -0.125. The SMILES string of the molecule is CC(CN(C)Cc1ccccc1)NC(=O)[C@@H](N)C(C)(C)C.Cl. The van der Waals surface area contributed by atoms with E-state index in [0.29, 0.717) is 0 Å². The minimum Gasteiger partial charge on any atom is -0.351 e. The van der Waals surface area contributed by atoms with E-state index >= 15 is 0 Å². The Balaban J connectivity index is 0.00000441. The lowest BCUT2D eigenvalue weighted by Gasteiger charge is -2.28. The zero-order valence-electron chi connectivity index (χ0n) is 14.3. The Labute approximate surface area is 140 Å². The Morgan fingerprint density at radius 1 is 1.27 bits per heavy atom. The van der Waals surface area contributed by atoms with Gasteiger partial charge in [-0.3, -0.25) is 4.79 Å². The summed E-state index contributed by atoms with van der Waals surface area (Å²) in [5.74, 6) is -0.0805. The number of hydrogen-bond acceptors (Lipinski definition) is 3. The molecular formula is C17H30ClN3O. The van der Waals surface area contributed by atoms with E-state index in [4.69, 9.17) is 5.73 Å². The normalized spacial score (nSPS) is 14.1. The first-order valence-electron chi connectivity index (χ1n) is 7.48. The fourth-order valence-electron chi connectivity index (χ4n) is 2.20. The average Bonchev–Trinajstić information content (AvgIpc) is 2.37. The molecule has 1 aromatic rings. The number of rotatable bonds is 6. The number of amides is 1. The number of nitrogens with one attached hydrogen (secondary N) is 1. The monoisotopic (exact) mass is 327 g/mol. The van der Waals surface area contributed by atoms with Crippen LogP contribution in [0.15, 0.2) is 30.3 Å². The molecule has 4 nitrogen and oxygen atoms in total. The summed E-state index contributed by atoms with van der Waals surface area (Å²) in [5, 5.41) is 3.00. The molecule has 1 unspecified atom stereocenters. The second-order valence-electron chi connectivity index (χ2n) is 6.94. The first kappa shape index (κ1) is 20.9. The highest BCUT2D eigenvalue weighted by atomic mass is 35.5. The molecule has 5 heteroatoms. The smallest absolute Gasteiger partial charge is 0.237 e. The summed E-state index contributed by atoms with van der Waals surface area (Å²) in [7, 11) is 2.05. The van der Waals surface area contributed by atoms with E-state index in [1.54, 1.807) is 0 Å². The Hall–Kier alpha value is -1.10. The molecule has 126 valence electrons. The zero-order valence-corrected chi connectivity index (χ0v) is 15.1. The third kappa shape index (κ3) is 7.25. The molecule has 0 radical (unpaired) electrons. The van der Waals surface area contributed by atoms with Crippen LogP contribution < -0.4 is 11.1 Å². The van der Waals surface area contributed by atoms with Crippen molar-refractivity contribution in [3.05, 3.63) is 35.9 Å². The summed E-state index contributed by atoms with van der Waals surface area (Å²) >= 11 is 0. The van der Waals surface area contributed by atoms with Gasteiger partial charge in [0.05, 0.1) is 6.04 Å². The summed E-state index contributed by atoms with van der Waals surface area (Å²) in [5.41, 5.74) is 7.02. The largest absolute Gasteiger partial charge is 0.351 e. The standard InChI is InChI=1S/C17H29N3O.ClH/c1-13(19-16(21)15(18)17(2,3)4)11-20(5)12-14-9-7-6-8-10-14;/h6-10,13,15H,11-12,18H2,1-5H3,(H,19,21);1H/t13?,15-;/m1./s1. The highest BCUT2D eigenvalue weighted by Crippen LogP contribution is 2.17. The number of carbonyl (C=O) groups excluding carboxylic acids is 1. The molecule has 0 heterocycles. The highest BCUT2D eigenvalue weighted by molar-refractivity contribution is 5.85. The molecule has 0 aliphatic rings. The number of benzene rings is 1. The number of carbonyl (C=O) groups is 1. The zero-order chi connectivity index (χ0) is 16.0. The topological polar surface area (TPSA) is 58.4 Å². The molecular weight excluding hydrogens is 298 g/mol. The van der Waals surface area contributed by atoms with Crippen molar-refractivity contribution in [2.75, 3.05) is 13.6 Å². The van der Waals surface area contributed by atoms with E-state index in [9.17, 15) is 4.79 Å². The van der Waals surface area contributed by atoms with Crippen LogP contribution in [0, 0.1) is 5.41 Å². The van der Waals surface area contributed by atoms with Gasteiger partial charge in [-0.15, -0.1) is 12.4 Å². The van der Waals surface area contributed by atoms with E-state index in [2.05, 4.69) is 29.4 Å². The van der Waals surface area contributed by atoms with Crippen molar-refractivity contribution in [1.29, 1.82) is 0 Å². The number of nitrogens with zero attached hydrogens (tertiary/aromatic N) is 1. The molecule has 1 aromatic carbocycles. The first-order chi connectivity index (χ1) is 9.70. The highest BCUT2D eigenvalue weighted by Gasteiger charge is 2.28. The van der Waals surface area contributed by atoms with Crippen LogP contribution in [0.2, 0.25) is 0 Å². The van der Waals surface area contributed by atoms with Crippen LogP contribution in [0.4, 0.5) is 0 Å². The summed E-state index contributed by atoms with van der Waals surface area (Å²) in [6.45, 7) is 9.59. The third-order valence-corrected chi connectivity index (χ3v) is 3.48. The number of nitrogens with two attached hydrogens (primary N) is 1. The first-order valence-corrected chi connectivity index (χ1v) is 7.48. The Morgan fingerprint density at radius 2 is 1.82 bits per heavy atom. The minimum absolute atomic E-state index is 0. The van der Waals surface area contributed by atoms with Gasteiger partial charge in [0.2, 0.25) is 5.91 Å². The number of likely N-dealkylation sites (N-methyl/N-ethyl adjacent to an activating group) is 1. The molecule has 0 aromatic heterocycles. The summed E-state index contributed by atoms with van der Waals surface area (Å²) in [4.78, 5) is 14.3. The lowest BCUT2D eigenvalue weighted by atomic mass is 9.87. The molecule has 0 bridgehead atoms. The number of halogens is 1. The maximum absolute atomic E-state index is 12.1. The predicted octanol–water partition coefficient (Wildman–Crippen LogP) is 2.42. The van der Waals surface area contributed by atoms with Gasteiger partial charge in [0.15, 0.2) is 0 Å². The predicted molar refractivity (Wildman–Crippen MR) is 95.1 cm³/mol. The van der Waals surface area contributed by atoms with Crippen LogP contribution in [0.3, 0.4) is 0 Å². The Morgan fingerprint density at radius 3 is 2.32 bits per heavy atom. The summed E-state index contributed by atoms with van der Waals surface area (Å²) in [6, 6.07) is 9.89. The van der Waals surface area contributed by atoms with Gasteiger partial charge in [0.25, 0.3) is 0 Å². The fourth-order valence-corrected chi connectivity index (χ4v) is 2.20. The molecule has 2 atom stereocenters. The molecule has 1 rings (SSSR count).